The van der Waals surface area contributed by atoms with Crippen molar-refractivity contribution in [3.05, 3.63) is 90.7 Å². The van der Waals surface area contributed by atoms with Gasteiger partial charge in [0.25, 0.3) is 5.91 Å². The van der Waals surface area contributed by atoms with Crippen molar-refractivity contribution in [2.24, 2.45) is 0 Å². The second-order valence-electron chi connectivity index (χ2n) is 9.69. The van der Waals surface area contributed by atoms with Crippen LogP contribution < -0.4 is 20.9 Å². The highest BCUT2D eigenvalue weighted by Crippen LogP contribution is 2.46. The van der Waals surface area contributed by atoms with Crippen LogP contribution in [0.1, 0.15) is 35.4 Å². The van der Waals surface area contributed by atoms with Crippen LogP contribution in [0, 0.1) is 0 Å². The van der Waals surface area contributed by atoms with Gasteiger partial charge >= 0.3 is 6.03 Å². The summed E-state index contributed by atoms with van der Waals surface area (Å²) in [7, 11) is 0. The number of amides is 3. The molecule has 2 atom stereocenters. The molecule has 1 saturated carbocycles. The predicted octanol–water partition coefficient (Wildman–Crippen LogP) is 6.37. The topological polar surface area (TPSA) is 99.2 Å². The van der Waals surface area contributed by atoms with Crippen molar-refractivity contribution in [3.63, 3.8) is 0 Å². The molecule has 4 heterocycles. The number of nitrogens with zero attached hydrogens (tertiary/aromatic N) is 3. The van der Waals surface area contributed by atoms with Gasteiger partial charge in [-0.15, -0.1) is 11.3 Å². The Kier molecular flexibility index (Phi) is 6.58. The highest BCUT2D eigenvalue weighted by molar-refractivity contribution is 7.21. The number of nitrogens with one attached hydrogen (secondary N) is 3. The number of carbonyl (C=O) groups excluding carboxylic acids is 2. The fraction of sp³-hybridized carbons (Fsp3) is 0.200. The van der Waals surface area contributed by atoms with Gasteiger partial charge in [0, 0.05) is 35.7 Å². The molecule has 3 amide bonds. The lowest BCUT2D eigenvalue weighted by molar-refractivity contribution is 0.0922. The third-order valence-corrected chi connectivity index (χ3v) is 8.32. The van der Waals surface area contributed by atoms with Gasteiger partial charge in [0.05, 0.1) is 28.1 Å². The molecule has 1 unspecified atom stereocenters. The average molecular weight is 537 g/mol. The summed E-state index contributed by atoms with van der Waals surface area (Å²) >= 11 is 1.29. The second kappa shape index (κ2) is 10.3. The number of carbonyl (C=O) groups is 2. The van der Waals surface area contributed by atoms with Crippen LogP contribution in [0.3, 0.4) is 0 Å². The molecule has 3 aromatic heterocycles. The molecule has 1 fully saturated rings. The monoisotopic (exact) mass is 536 g/mol. The number of rotatable bonds is 7. The molecule has 0 bridgehead atoms. The molecule has 0 spiro atoms. The summed E-state index contributed by atoms with van der Waals surface area (Å²) in [5.41, 5.74) is 4.32. The molecule has 4 aromatic rings. The predicted molar refractivity (Wildman–Crippen MR) is 156 cm³/mol. The molecule has 8 nitrogen and oxygen atoms in total. The minimum Gasteiger partial charge on any atom is -0.381 e. The van der Waals surface area contributed by atoms with E-state index >= 15 is 0 Å². The number of hydrogen-bond acceptors (Lipinski definition) is 6. The van der Waals surface area contributed by atoms with Gasteiger partial charge in [-0.2, -0.15) is 0 Å². The zero-order valence-corrected chi connectivity index (χ0v) is 22.1. The molecule has 1 aliphatic carbocycles. The zero-order valence-electron chi connectivity index (χ0n) is 21.3. The SMILES string of the molecule is C=CC(=C)NC1CCCC[C@H]1NC(=O)c1sc2nccc3c2c1NC(=O)N3c1ccnc(-c2ccccc2)c1. The summed E-state index contributed by atoms with van der Waals surface area (Å²) in [6, 6.07) is 15.0. The Labute approximate surface area is 230 Å². The smallest absolute Gasteiger partial charge is 0.331 e. The largest absolute Gasteiger partial charge is 0.381 e. The standard InChI is InChI=1S/C30H28N6O2S/c1-3-18(2)33-21-11-7-8-12-22(21)34-28(37)27-26-25-24(14-16-32-29(25)39-27)36(30(38)35-26)20-13-15-31-23(17-20)19-9-5-4-6-10-19/h3-6,9-10,13-17,21-22,33H,1-2,7-8,11-12H2,(H,34,37)(H,35,38)/t21?,22-/m1/s1. The maximum absolute atomic E-state index is 13.6. The number of benzene rings is 1. The molecule has 0 radical (unpaired) electrons. The van der Waals surface area contributed by atoms with Gasteiger partial charge in [0.2, 0.25) is 0 Å². The van der Waals surface area contributed by atoms with Crippen molar-refractivity contribution < 1.29 is 9.59 Å². The lowest BCUT2D eigenvalue weighted by Gasteiger charge is -2.33. The highest BCUT2D eigenvalue weighted by atomic mass is 32.1. The van der Waals surface area contributed by atoms with Gasteiger partial charge in [-0.3, -0.25) is 14.7 Å². The van der Waals surface area contributed by atoms with Crippen molar-refractivity contribution in [3.8, 4) is 11.3 Å². The number of aromatic nitrogens is 2. The van der Waals surface area contributed by atoms with E-state index in [1.807, 2.05) is 42.5 Å². The molecule has 6 rings (SSSR count). The summed E-state index contributed by atoms with van der Waals surface area (Å²) in [6.07, 6.45) is 8.98. The van der Waals surface area contributed by atoms with Gasteiger partial charge in [0.15, 0.2) is 0 Å². The van der Waals surface area contributed by atoms with Crippen LogP contribution in [0.5, 0.6) is 0 Å². The first-order valence-electron chi connectivity index (χ1n) is 13.0. The van der Waals surface area contributed by atoms with E-state index in [9.17, 15) is 9.59 Å². The van der Waals surface area contributed by atoms with Crippen LogP contribution >= 0.6 is 11.3 Å². The van der Waals surface area contributed by atoms with E-state index in [1.54, 1.807) is 29.4 Å². The highest BCUT2D eigenvalue weighted by Gasteiger charge is 2.34. The molecule has 2 aliphatic rings. The first-order valence-corrected chi connectivity index (χ1v) is 13.8. The summed E-state index contributed by atoms with van der Waals surface area (Å²) in [4.78, 5) is 38.9. The van der Waals surface area contributed by atoms with Gasteiger partial charge < -0.3 is 16.0 Å². The summed E-state index contributed by atoms with van der Waals surface area (Å²) in [5, 5.41) is 10.3. The Morgan fingerprint density at radius 1 is 1.05 bits per heavy atom. The Bertz CT molecular complexity index is 1600. The van der Waals surface area contributed by atoms with E-state index in [2.05, 4.69) is 39.1 Å². The molecule has 1 aliphatic heterocycles. The van der Waals surface area contributed by atoms with Crippen molar-refractivity contribution in [2.45, 2.75) is 37.8 Å². The fourth-order valence-corrected chi connectivity index (χ4v) is 6.36. The molecule has 1 aromatic carbocycles. The lowest BCUT2D eigenvalue weighted by atomic mass is 9.90. The van der Waals surface area contributed by atoms with Gasteiger partial charge in [-0.25, -0.2) is 9.78 Å². The van der Waals surface area contributed by atoms with E-state index in [0.29, 0.717) is 26.8 Å². The minimum absolute atomic E-state index is 0.0585. The third-order valence-electron chi connectivity index (χ3n) is 7.22. The van der Waals surface area contributed by atoms with E-state index < -0.39 is 0 Å². The van der Waals surface area contributed by atoms with Crippen LogP contribution in [-0.2, 0) is 0 Å². The van der Waals surface area contributed by atoms with Crippen molar-refractivity contribution >= 4 is 50.6 Å². The van der Waals surface area contributed by atoms with Gasteiger partial charge in [-0.05, 0) is 37.1 Å². The first kappa shape index (κ1) is 24.8. The molecular formula is C30H28N6O2S. The number of allylic oxidation sites excluding steroid dienone is 1. The van der Waals surface area contributed by atoms with E-state index in [-0.39, 0.29) is 24.0 Å². The summed E-state index contributed by atoms with van der Waals surface area (Å²) in [6.45, 7) is 7.75. The maximum atomic E-state index is 13.6. The first-order chi connectivity index (χ1) is 19.0. The molecule has 0 saturated heterocycles. The van der Waals surface area contributed by atoms with Crippen LogP contribution in [-0.4, -0.2) is 34.0 Å². The second-order valence-corrected chi connectivity index (χ2v) is 10.7. The quantitative estimate of drug-likeness (QED) is 0.238. The number of urea groups is 1. The van der Waals surface area contributed by atoms with Crippen LogP contribution in [0.25, 0.3) is 21.5 Å². The van der Waals surface area contributed by atoms with Crippen molar-refractivity contribution in [2.75, 3.05) is 10.2 Å². The Morgan fingerprint density at radius 2 is 1.79 bits per heavy atom. The van der Waals surface area contributed by atoms with E-state index in [0.717, 1.165) is 48.0 Å². The van der Waals surface area contributed by atoms with Crippen LogP contribution in [0.15, 0.2) is 85.9 Å². The van der Waals surface area contributed by atoms with Gasteiger partial charge in [0.1, 0.15) is 9.71 Å². The zero-order chi connectivity index (χ0) is 26.9. The van der Waals surface area contributed by atoms with E-state index in [4.69, 9.17) is 0 Å². The summed E-state index contributed by atoms with van der Waals surface area (Å²) < 4.78 is 0. The Balaban J connectivity index is 1.34. The average Bonchev–Trinajstić information content (AvgIpc) is 3.34. The van der Waals surface area contributed by atoms with E-state index in [1.165, 1.54) is 11.3 Å². The molecule has 9 heteroatoms. The fourth-order valence-electron chi connectivity index (χ4n) is 5.33. The number of pyridine rings is 2. The Morgan fingerprint density at radius 3 is 2.56 bits per heavy atom. The van der Waals surface area contributed by atoms with Crippen LogP contribution in [0.4, 0.5) is 21.9 Å². The van der Waals surface area contributed by atoms with Crippen molar-refractivity contribution in [1.82, 2.24) is 20.6 Å². The molecule has 3 N–H and O–H groups in total. The number of anilines is 3. The van der Waals surface area contributed by atoms with Crippen LogP contribution in [0.2, 0.25) is 0 Å². The summed E-state index contributed by atoms with van der Waals surface area (Å²) in [5.74, 6) is -0.217. The normalized spacial score (nSPS) is 18.4. The molecular weight excluding hydrogens is 508 g/mol. The lowest BCUT2D eigenvalue weighted by Crippen LogP contribution is -2.51. The van der Waals surface area contributed by atoms with Crippen molar-refractivity contribution in [1.29, 1.82) is 0 Å². The molecule has 39 heavy (non-hydrogen) atoms. The van der Waals surface area contributed by atoms with Gasteiger partial charge in [-0.1, -0.05) is 56.3 Å². The third kappa shape index (κ3) is 4.66. The minimum atomic E-state index is -0.341. The Hall–Kier alpha value is -4.50. The number of thiophene rings is 1. The number of hydrogen-bond donors (Lipinski definition) is 3. The maximum Gasteiger partial charge on any atom is 0.331 e. The molecule has 196 valence electrons.